The number of carbonyl (C=O) groups is 1. The Morgan fingerprint density at radius 2 is 2.24 bits per heavy atom. The van der Waals surface area contributed by atoms with Gasteiger partial charge >= 0.3 is 0 Å². The number of hydrogen-bond acceptors (Lipinski definition) is 6. The number of methoxy groups -OCH3 is 1. The number of ether oxygens (including phenoxy) is 1. The van der Waals surface area contributed by atoms with Crippen molar-refractivity contribution in [3.05, 3.63) is 47.7 Å². The number of nitrogens with one attached hydrogen (secondary N) is 1. The third-order valence-corrected chi connectivity index (χ3v) is 4.05. The van der Waals surface area contributed by atoms with Gasteiger partial charge in [0.2, 0.25) is 5.62 Å². The third kappa shape index (κ3) is 2.67. The van der Waals surface area contributed by atoms with E-state index in [1.807, 2.05) is 22.8 Å². The molecule has 0 fully saturated rings. The van der Waals surface area contributed by atoms with Crippen molar-refractivity contribution in [1.29, 1.82) is 0 Å². The minimum atomic E-state index is -0.413. The first-order valence-electron chi connectivity index (χ1n) is 7.79. The van der Waals surface area contributed by atoms with E-state index in [-0.39, 0.29) is 0 Å². The van der Waals surface area contributed by atoms with Crippen molar-refractivity contribution in [2.75, 3.05) is 24.7 Å². The van der Waals surface area contributed by atoms with E-state index in [0.29, 0.717) is 34.8 Å². The molecule has 25 heavy (non-hydrogen) atoms. The molecule has 0 unspecified atom stereocenters. The Morgan fingerprint density at radius 3 is 3.00 bits per heavy atom. The Bertz CT molecular complexity index is 1040. The predicted octanol–water partition coefficient (Wildman–Crippen LogP) is 1.19. The molecule has 1 aliphatic rings. The lowest BCUT2D eigenvalue weighted by molar-refractivity contribution is 0.0996. The summed E-state index contributed by atoms with van der Waals surface area (Å²) in [5, 5.41) is 4.28. The van der Waals surface area contributed by atoms with Crippen LogP contribution in [0.5, 0.6) is 5.75 Å². The van der Waals surface area contributed by atoms with Crippen molar-refractivity contribution in [3.63, 3.8) is 0 Å². The van der Waals surface area contributed by atoms with Crippen LogP contribution in [-0.4, -0.2) is 34.1 Å². The van der Waals surface area contributed by atoms with E-state index in [1.54, 1.807) is 19.2 Å². The molecule has 2 aromatic heterocycles. The average Bonchev–Trinajstić information content (AvgIpc) is 3.12. The van der Waals surface area contributed by atoms with Crippen LogP contribution in [0.25, 0.3) is 10.9 Å². The van der Waals surface area contributed by atoms with Gasteiger partial charge in [-0.15, -0.1) is 0 Å². The molecule has 126 valence electrons. The smallest absolute Gasteiger partial charge is 0.281 e. The Morgan fingerprint density at radius 1 is 1.36 bits per heavy atom. The van der Waals surface area contributed by atoms with Gasteiger partial charge in [0, 0.05) is 30.7 Å². The number of nitrogen functional groups attached to an aromatic ring is 1. The molecule has 0 atom stereocenters. The quantitative estimate of drug-likeness (QED) is 0.728. The van der Waals surface area contributed by atoms with Crippen LogP contribution >= 0.6 is 0 Å². The highest BCUT2D eigenvalue weighted by Crippen LogP contribution is 2.26. The fourth-order valence-electron chi connectivity index (χ4n) is 2.81. The van der Waals surface area contributed by atoms with E-state index in [1.165, 1.54) is 6.20 Å². The van der Waals surface area contributed by atoms with Crippen molar-refractivity contribution >= 4 is 28.4 Å². The molecule has 0 aliphatic carbocycles. The number of pyridine rings is 1. The molecule has 8 nitrogen and oxygen atoms in total. The number of rotatable bonds is 2. The first kappa shape index (κ1) is 15.1. The topological polar surface area (TPSA) is 107 Å². The highest BCUT2D eigenvalue weighted by Gasteiger charge is 2.16. The van der Waals surface area contributed by atoms with E-state index < -0.39 is 5.91 Å². The summed E-state index contributed by atoms with van der Waals surface area (Å²) < 4.78 is 7.16. The van der Waals surface area contributed by atoms with Gasteiger partial charge in [0.25, 0.3) is 5.91 Å². The molecule has 0 radical (unpaired) electrons. The predicted molar refractivity (Wildman–Crippen MR) is 93.3 cm³/mol. The van der Waals surface area contributed by atoms with Gasteiger partial charge in [-0.2, -0.15) is 4.99 Å². The molecule has 3 heterocycles. The summed E-state index contributed by atoms with van der Waals surface area (Å²) in [7, 11) is 1.60. The molecule has 1 amide bonds. The molecule has 0 saturated carbocycles. The molecule has 3 N–H and O–H groups in total. The summed E-state index contributed by atoms with van der Waals surface area (Å²) in [5.74, 6) is 1.54. The van der Waals surface area contributed by atoms with Crippen LogP contribution < -0.4 is 21.4 Å². The lowest BCUT2D eigenvalue weighted by Crippen LogP contribution is -2.24. The van der Waals surface area contributed by atoms with Crippen molar-refractivity contribution < 1.29 is 9.53 Å². The monoisotopic (exact) mass is 336 g/mol. The largest absolute Gasteiger partial charge is 0.497 e. The molecule has 1 aliphatic heterocycles. The van der Waals surface area contributed by atoms with Crippen molar-refractivity contribution in [2.45, 2.75) is 6.54 Å². The Labute approximate surface area is 143 Å². The number of fused-ring (bicyclic) bond motifs is 3. The number of amides is 1. The second-order valence-corrected chi connectivity index (χ2v) is 5.61. The average molecular weight is 336 g/mol. The van der Waals surface area contributed by atoms with Gasteiger partial charge in [-0.25, -0.2) is 9.97 Å². The molecule has 4 rings (SSSR count). The number of anilines is 2. The first-order valence-corrected chi connectivity index (χ1v) is 7.79. The maximum Gasteiger partial charge on any atom is 0.281 e. The van der Waals surface area contributed by atoms with Crippen LogP contribution in [0.4, 0.5) is 11.6 Å². The normalized spacial score (nSPS) is 13.6. The number of hydrogen-bond donors (Lipinski definition) is 2. The molecule has 0 saturated heterocycles. The van der Waals surface area contributed by atoms with Crippen LogP contribution in [0.2, 0.25) is 0 Å². The first-order chi connectivity index (χ1) is 12.2. The zero-order valence-electron chi connectivity index (χ0n) is 13.6. The standard InChI is InChI=1S/C17H16N6O2/c1-25-11-3-4-12-13(8-11)21-17(23-7-6-19-15(12)23)22-16(24)10-2-5-14(18)20-9-10/h2-5,8-9,19H,6-7H2,1H3,(H2,18,20). The maximum atomic E-state index is 12.4. The van der Waals surface area contributed by atoms with Gasteiger partial charge in [0.15, 0.2) is 0 Å². The van der Waals surface area contributed by atoms with Crippen LogP contribution in [0, 0.1) is 0 Å². The Hall–Kier alpha value is -3.42. The number of benzene rings is 1. The molecular weight excluding hydrogens is 320 g/mol. The van der Waals surface area contributed by atoms with E-state index in [0.717, 1.165) is 17.7 Å². The fourth-order valence-corrected chi connectivity index (χ4v) is 2.81. The van der Waals surface area contributed by atoms with Gasteiger partial charge in [-0.1, -0.05) is 0 Å². The highest BCUT2D eigenvalue weighted by molar-refractivity contribution is 5.95. The molecule has 0 bridgehead atoms. The molecule has 3 aromatic rings. The van der Waals surface area contributed by atoms with Gasteiger partial charge < -0.3 is 15.8 Å². The molecular formula is C17H16N6O2. The van der Waals surface area contributed by atoms with Crippen LogP contribution in [-0.2, 0) is 6.54 Å². The number of nitrogens with zero attached hydrogens (tertiary/aromatic N) is 4. The van der Waals surface area contributed by atoms with Crippen LogP contribution in [0.1, 0.15) is 10.4 Å². The minimum Gasteiger partial charge on any atom is -0.497 e. The molecule has 1 aromatic carbocycles. The summed E-state index contributed by atoms with van der Waals surface area (Å²) in [6, 6.07) is 8.82. The van der Waals surface area contributed by atoms with E-state index in [4.69, 9.17) is 10.5 Å². The van der Waals surface area contributed by atoms with E-state index in [9.17, 15) is 4.79 Å². The number of carbonyl (C=O) groups excluding carboxylic acids is 1. The van der Waals surface area contributed by atoms with E-state index in [2.05, 4.69) is 20.3 Å². The Balaban J connectivity index is 1.88. The molecule has 0 spiro atoms. The SMILES string of the molecule is COc1ccc2c3n(c(=NC(=O)c4ccc(N)nc4)nc2c1)CCN3. The van der Waals surface area contributed by atoms with E-state index >= 15 is 0 Å². The highest BCUT2D eigenvalue weighted by atomic mass is 16.5. The third-order valence-electron chi connectivity index (χ3n) is 4.05. The number of aromatic nitrogens is 3. The van der Waals surface area contributed by atoms with Crippen molar-refractivity contribution in [2.24, 2.45) is 4.99 Å². The van der Waals surface area contributed by atoms with Crippen LogP contribution in [0.15, 0.2) is 41.5 Å². The van der Waals surface area contributed by atoms with Gasteiger partial charge in [-0.3, -0.25) is 9.36 Å². The summed E-state index contributed by atoms with van der Waals surface area (Å²) in [5.41, 5.74) is 6.98. The van der Waals surface area contributed by atoms with Crippen molar-refractivity contribution in [1.82, 2.24) is 14.5 Å². The van der Waals surface area contributed by atoms with Crippen molar-refractivity contribution in [3.8, 4) is 5.75 Å². The zero-order chi connectivity index (χ0) is 17.4. The summed E-state index contributed by atoms with van der Waals surface area (Å²) in [6.45, 7) is 1.45. The fraction of sp³-hybridized carbons (Fsp3) is 0.176. The summed E-state index contributed by atoms with van der Waals surface area (Å²) >= 11 is 0. The van der Waals surface area contributed by atoms with Crippen LogP contribution in [0.3, 0.4) is 0 Å². The second kappa shape index (κ2) is 5.90. The molecule has 8 heteroatoms. The lowest BCUT2D eigenvalue weighted by atomic mass is 10.2. The number of nitrogens with two attached hydrogens (primary N) is 1. The van der Waals surface area contributed by atoms with Gasteiger partial charge in [0.05, 0.1) is 18.2 Å². The minimum absolute atomic E-state index is 0.350. The Kier molecular flexibility index (Phi) is 3.57. The van der Waals surface area contributed by atoms with Gasteiger partial charge in [-0.05, 0) is 24.3 Å². The summed E-state index contributed by atoms with van der Waals surface area (Å²) in [4.78, 5) is 25.1. The zero-order valence-corrected chi connectivity index (χ0v) is 13.6. The summed E-state index contributed by atoms with van der Waals surface area (Å²) in [6.07, 6.45) is 1.41. The van der Waals surface area contributed by atoms with Gasteiger partial charge in [0.1, 0.15) is 17.4 Å². The lowest BCUT2D eigenvalue weighted by Gasteiger charge is -2.09. The second-order valence-electron chi connectivity index (χ2n) is 5.61. The maximum absolute atomic E-state index is 12.4.